The molecule has 4 aromatic rings. The standard InChI is InChI=1S/C26H21ClN5O3/c1-26(2,3)10-9-17-12-22-20(14-23(17)32(33)34)25(30-16-29-22)31-18-7-8-24(21(27)13-18)35-15-19-6-4-5-11-28-19/h4-8,11-14,16H,1,15H2,2-3H3,(H,29,30,31). The molecule has 0 fully saturated rings. The molecule has 4 rings (SSSR count). The minimum Gasteiger partial charge on any atom is -0.486 e. The van der Waals surface area contributed by atoms with E-state index in [1.165, 1.54) is 12.4 Å². The van der Waals surface area contributed by atoms with Crippen molar-refractivity contribution in [3.8, 4) is 17.6 Å². The number of anilines is 2. The van der Waals surface area contributed by atoms with E-state index in [2.05, 4.69) is 39.0 Å². The van der Waals surface area contributed by atoms with Crippen molar-refractivity contribution in [1.82, 2.24) is 15.0 Å². The lowest BCUT2D eigenvalue weighted by Gasteiger charge is -2.12. The number of ether oxygens (including phenoxy) is 1. The van der Waals surface area contributed by atoms with Crippen molar-refractivity contribution in [2.45, 2.75) is 20.5 Å². The lowest BCUT2D eigenvalue weighted by Crippen LogP contribution is -2.02. The van der Waals surface area contributed by atoms with Crippen molar-refractivity contribution in [2.75, 3.05) is 5.32 Å². The Morgan fingerprint density at radius 2 is 2.00 bits per heavy atom. The Morgan fingerprint density at radius 1 is 1.17 bits per heavy atom. The van der Waals surface area contributed by atoms with Crippen LogP contribution in [0.2, 0.25) is 5.02 Å². The van der Waals surface area contributed by atoms with Crippen LogP contribution in [0.15, 0.2) is 61.1 Å². The van der Waals surface area contributed by atoms with Crippen molar-refractivity contribution in [1.29, 1.82) is 0 Å². The highest BCUT2D eigenvalue weighted by Crippen LogP contribution is 2.33. The number of fused-ring (bicyclic) bond motifs is 1. The van der Waals surface area contributed by atoms with Crippen LogP contribution in [-0.2, 0) is 6.61 Å². The number of rotatable bonds is 6. The van der Waals surface area contributed by atoms with E-state index in [0.717, 1.165) is 5.69 Å². The molecule has 0 aliphatic rings. The third-order valence-corrected chi connectivity index (χ3v) is 5.08. The summed E-state index contributed by atoms with van der Waals surface area (Å²) in [6.45, 7) is 7.86. The molecule has 8 nitrogen and oxygen atoms in total. The van der Waals surface area contributed by atoms with Gasteiger partial charge in [-0.1, -0.05) is 29.5 Å². The first-order chi connectivity index (χ1) is 16.7. The molecule has 0 unspecified atom stereocenters. The average Bonchev–Trinajstić information content (AvgIpc) is 2.82. The largest absolute Gasteiger partial charge is 0.486 e. The molecule has 2 aromatic heterocycles. The van der Waals surface area contributed by atoms with Crippen molar-refractivity contribution in [3.63, 3.8) is 0 Å². The molecule has 0 atom stereocenters. The van der Waals surface area contributed by atoms with Crippen molar-refractivity contribution in [2.24, 2.45) is 5.41 Å². The first-order valence-corrected chi connectivity index (χ1v) is 11.0. The molecule has 0 saturated heterocycles. The summed E-state index contributed by atoms with van der Waals surface area (Å²) in [6.07, 6.45) is 3.08. The lowest BCUT2D eigenvalue weighted by molar-refractivity contribution is -0.385. The molecular formula is C26H21ClN5O3. The number of pyridine rings is 1. The number of hydrogen-bond donors (Lipinski definition) is 1. The zero-order chi connectivity index (χ0) is 25.0. The second-order valence-electron chi connectivity index (χ2n) is 8.38. The van der Waals surface area contributed by atoms with E-state index >= 15 is 0 Å². The molecule has 9 heteroatoms. The maximum atomic E-state index is 11.7. The first-order valence-electron chi connectivity index (χ1n) is 10.6. The van der Waals surface area contributed by atoms with Crippen LogP contribution in [-0.4, -0.2) is 19.9 Å². The summed E-state index contributed by atoms with van der Waals surface area (Å²) in [7, 11) is 0. The van der Waals surface area contributed by atoms with Gasteiger partial charge in [-0.15, -0.1) is 0 Å². The van der Waals surface area contributed by atoms with Gasteiger partial charge >= 0.3 is 0 Å². The Bertz CT molecular complexity index is 1460. The third-order valence-electron chi connectivity index (χ3n) is 4.78. The van der Waals surface area contributed by atoms with Gasteiger partial charge in [0.25, 0.3) is 5.69 Å². The minimum atomic E-state index is -0.548. The molecule has 1 radical (unpaired) electrons. The molecule has 0 bridgehead atoms. The van der Waals surface area contributed by atoms with Crippen LogP contribution >= 0.6 is 11.6 Å². The number of aromatic nitrogens is 3. The molecule has 0 spiro atoms. The smallest absolute Gasteiger partial charge is 0.285 e. The van der Waals surface area contributed by atoms with Gasteiger partial charge in [0.2, 0.25) is 0 Å². The van der Waals surface area contributed by atoms with Gasteiger partial charge in [0.15, 0.2) is 0 Å². The van der Waals surface area contributed by atoms with E-state index in [1.807, 2.05) is 32.0 Å². The summed E-state index contributed by atoms with van der Waals surface area (Å²) in [6, 6.07) is 13.8. The summed E-state index contributed by atoms with van der Waals surface area (Å²) in [4.78, 5) is 24.0. The van der Waals surface area contributed by atoms with E-state index in [9.17, 15) is 10.1 Å². The van der Waals surface area contributed by atoms with Crippen LogP contribution in [0.4, 0.5) is 17.2 Å². The fourth-order valence-electron chi connectivity index (χ4n) is 3.15. The average molecular weight is 487 g/mol. The molecule has 1 N–H and O–H groups in total. The van der Waals surface area contributed by atoms with Crippen molar-refractivity contribution in [3.05, 3.63) is 94.4 Å². The van der Waals surface area contributed by atoms with Gasteiger partial charge < -0.3 is 10.1 Å². The van der Waals surface area contributed by atoms with Crippen molar-refractivity contribution >= 4 is 39.7 Å². The van der Waals surface area contributed by atoms with Crippen LogP contribution in [0.3, 0.4) is 0 Å². The summed E-state index contributed by atoms with van der Waals surface area (Å²) < 4.78 is 5.76. The number of nitrogens with one attached hydrogen (secondary N) is 1. The third kappa shape index (κ3) is 6.02. The van der Waals surface area contributed by atoms with E-state index in [4.69, 9.17) is 16.3 Å². The predicted molar refractivity (Wildman–Crippen MR) is 136 cm³/mol. The fraction of sp³-hybridized carbons (Fsp3) is 0.154. The van der Waals surface area contributed by atoms with Crippen LogP contribution in [0.5, 0.6) is 5.75 Å². The molecule has 0 saturated carbocycles. The highest BCUT2D eigenvalue weighted by Gasteiger charge is 2.18. The Labute approximate surface area is 207 Å². The second kappa shape index (κ2) is 9.95. The first kappa shape index (κ1) is 23.9. The van der Waals surface area contributed by atoms with E-state index in [-0.39, 0.29) is 17.9 Å². The number of halogens is 1. The minimum absolute atomic E-state index is 0.136. The van der Waals surface area contributed by atoms with E-state index in [1.54, 1.807) is 30.5 Å². The van der Waals surface area contributed by atoms with Gasteiger partial charge in [0.1, 0.15) is 30.1 Å². The van der Waals surface area contributed by atoms with Crippen LogP contribution in [0, 0.1) is 34.3 Å². The van der Waals surface area contributed by atoms with Gasteiger partial charge in [-0.2, -0.15) is 0 Å². The highest BCUT2D eigenvalue weighted by atomic mass is 35.5. The van der Waals surface area contributed by atoms with Gasteiger partial charge in [-0.3, -0.25) is 15.1 Å². The molecule has 2 aromatic carbocycles. The molecule has 35 heavy (non-hydrogen) atoms. The zero-order valence-corrected chi connectivity index (χ0v) is 19.8. The normalized spacial score (nSPS) is 11.0. The number of nitro groups is 1. The Balaban J connectivity index is 1.62. The zero-order valence-electron chi connectivity index (χ0n) is 19.1. The lowest BCUT2D eigenvalue weighted by atomic mass is 9.97. The van der Waals surface area contributed by atoms with Crippen LogP contribution in [0.25, 0.3) is 10.9 Å². The number of hydrogen-bond acceptors (Lipinski definition) is 7. The summed E-state index contributed by atoms with van der Waals surface area (Å²) in [5, 5.41) is 15.8. The molecule has 0 aliphatic heterocycles. The maximum Gasteiger partial charge on any atom is 0.285 e. The Morgan fingerprint density at radius 3 is 2.69 bits per heavy atom. The molecule has 0 aliphatic carbocycles. The van der Waals surface area contributed by atoms with Gasteiger partial charge in [-0.25, -0.2) is 9.97 Å². The van der Waals surface area contributed by atoms with Gasteiger partial charge in [0.05, 0.1) is 21.2 Å². The van der Waals surface area contributed by atoms with E-state index in [0.29, 0.717) is 33.2 Å². The molecule has 175 valence electrons. The Hall–Kier alpha value is -4.22. The summed E-state index contributed by atoms with van der Waals surface area (Å²) in [5.41, 5.74) is 1.51. The highest BCUT2D eigenvalue weighted by molar-refractivity contribution is 6.32. The number of nitro benzene ring substituents is 1. The quantitative estimate of drug-likeness (QED) is 0.199. The maximum absolute atomic E-state index is 11.7. The SMILES string of the molecule is [CH2]C(C)(C)C#Cc1cc2ncnc(Nc3ccc(OCc4ccccn4)c(Cl)c3)c2cc1[N+](=O)[O-]. The van der Waals surface area contributed by atoms with Crippen LogP contribution in [0.1, 0.15) is 25.1 Å². The fourth-order valence-corrected chi connectivity index (χ4v) is 3.38. The topological polar surface area (TPSA) is 103 Å². The monoisotopic (exact) mass is 486 g/mol. The predicted octanol–water partition coefficient (Wildman–Crippen LogP) is 6.12. The molecular weight excluding hydrogens is 466 g/mol. The van der Waals surface area contributed by atoms with Crippen LogP contribution < -0.4 is 10.1 Å². The summed E-state index contributed by atoms with van der Waals surface area (Å²) >= 11 is 6.41. The number of nitrogens with zero attached hydrogens (tertiary/aromatic N) is 4. The van der Waals surface area contributed by atoms with E-state index < -0.39 is 10.3 Å². The molecule has 0 amide bonds. The van der Waals surface area contributed by atoms with Gasteiger partial charge in [-0.05, 0) is 57.2 Å². The molecule has 2 heterocycles. The summed E-state index contributed by atoms with van der Waals surface area (Å²) in [5.74, 6) is 6.69. The van der Waals surface area contributed by atoms with Gasteiger partial charge in [0, 0.05) is 28.8 Å². The van der Waals surface area contributed by atoms with Crippen molar-refractivity contribution < 1.29 is 9.66 Å². The second-order valence-corrected chi connectivity index (χ2v) is 8.79. The number of benzene rings is 2. The Kier molecular flexibility index (Phi) is 6.80.